The Morgan fingerprint density at radius 2 is 2.09 bits per heavy atom. The number of benzene rings is 1. The largest absolute Gasteiger partial charge is 0.368 e. The normalized spacial score (nSPS) is 23.0. The number of hydrogen-bond donors (Lipinski definition) is 3. The van der Waals surface area contributed by atoms with E-state index >= 15 is 0 Å². The number of hydrogen-bond acceptors (Lipinski definition) is 5. The van der Waals surface area contributed by atoms with Gasteiger partial charge in [-0.1, -0.05) is 24.3 Å². The highest BCUT2D eigenvalue weighted by Crippen LogP contribution is 2.35. The fraction of sp³-hybridized carbons (Fsp3) is 0.444. The predicted octanol–water partition coefficient (Wildman–Crippen LogP) is 2.38. The molecular weight excluding hydrogens is 286 g/mol. The zero-order valence-corrected chi connectivity index (χ0v) is 13.5. The van der Waals surface area contributed by atoms with Gasteiger partial charge in [0.1, 0.15) is 5.82 Å². The molecule has 0 spiro atoms. The van der Waals surface area contributed by atoms with Crippen LogP contribution in [0.4, 0.5) is 11.8 Å². The summed E-state index contributed by atoms with van der Waals surface area (Å²) < 4.78 is 0. The number of rotatable bonds is 2. The molecule has 2 atom stereocenters. The van der Waals surface area contributed by atoms with Gasteiger partial charge in [-0.3, -0.25) is 0 Å². The molecule has 0 radical (unpaired) electrons. The summed E-state index contributed by atoms with van der Waals surface area (Å²) >= 11 is 0. The van der Waals surface area contributed by atoms with Crippen LogP contribution in [0.25, 0.3) is 11.3 Å². The molecule has 2 aromatic rings. The Labute approximate surface area is 136 Å². The highest BCUT2D eigenvalue weighted by molar-refractivity contribution is 5.73. The maximum atomic E-state index is 6.01. The second kappa shape index (κ2) is 5.81. The topological polar surface area (TPSA) is 75.9 Å². The number of nitrogens with zero attached hydrogens (tertiary/aromatic N) is 2. The van der Waals surface area contributed by atoms with Crippen LogP contribution in [0.5, 0.6) is 0 Å². The van der Waals surface area contributed by atoms with E-state index < -0.39 is 0 Å². The Kier molecular flexibility index (Phi) is 3.65. The standard InChI is InChI=1S/C18H23N5/c1-11-9-13(10-20-11)21-17-15-8-4-6-12-5-2-3-7-14(12)16(15)22-18(19)23-17/h2-3,5,7,11,13,20H,4,6,8-10H2,1H3,(H3,19,21,22,23)/t11-,13-/m1/s1. The number of aryl methyl sites for hydroxylation is 1. The van der Waals surface area contributed by atoms with E-state index in [0.717, 1.165) is 43.7 Å². The van der Waals surface area contributed by atoms with E-state index in [1.165, 1.54) is 16.7 Å². The average molecular weight is 309 g/mol. The zero-order valence-electron chi connectivity index (χ0n) is 13.5. The fourth-order valence-electron chi connectivity index (χ4n) is 3.75. The Balaban J connectivity index is 1.76. The van der Waals surface area contributed by atoms with Gasteiger partial charge in [0.15, 0.2) is 0 Å². The van der Waals surface area contributed by atoms with Crippen molar-refractivity contribution in [2.24, 2.45) is 0 Å². The van der Waals surface area contributed by atoms with Gasteiger partial charge < -0.3 is 16.4 Å². The lowest BCUT2D eigenvalue weighted by molar-refractivity contribution is 0.661. The van der Waals surface area contributed by atoms with E-state index in [4.69, 9.17) is 5.73 Å². The SMILES string of the molecule is C[C@@H]1C[C@@H](Nc2nc(N)nc3c2CCCc2ccccc2-3)CN1. The molecule has 1 aromatic carbocycles. The van der Waals surface area contributed by atoms with Crippen LogP contribution in [-0.4, -0.2) is 28.6 Å². The third-order valence-electron chi connectivity index (χ3n) is 4.86. The van der Waals surface area contributed by atoms with Gasteiger partial charge in [0.25, 0.3) is 0 Å². The summed E-state index contributed by atoms with van der Waals surface area (Å²) in [6, 6.07) is 9.46. The molecule has 2 aliphatic rings. The predicted molar refractivity (Wildman–Crippen MR) is 93.4 cm³/mol. The molecule has 5 nitrogen and oxygen atoms in total. The van der Waals surface area contributed by atoms with Gasteiger partial charge in [0.05, 0.1) is 5.69 Å². The molecule has 1 saturated heterocycles. The van der Waals surface area contributed by atoms with Crippen LogP contribution in [0.1, 0.15) is 30.9 Å². The molecule has 1 aliphatic carbocycles. The summed E-state index contributed by atoms with van der Waals surface area (Å²) in [5.74, 6) is 1.27. The maximum Gasteiger partial charge on any atom is 0.222 e. The van der Waals surface area contributed by atoms with E-state index in [0.29, 0.717) is 18.0 Å². The number of aromatic nitrogens is 2. The Bertz CT molecular complexity index is 727. The molecule has 1 aromatic heterocycles. The summed E-state index contributed by atoms with van der Waals surface area (Å²) in [6.07, 6.45) is 4.29. The molecule has 4 N–H and O–H groups in total. The number of nitrogen functional groups attached to an aromatic ring is 1. The average Bonchev–Trinajstić information content (AvgIpc) is 2.85. The van der Waals surface area contributed by atoms with Crippen molar-refractivity contribution < 1.29 is 0 Å². The minimum absolute atomic E-state index is 0.349. The highest BCUT2D eigenvalue weighted by Gasteiger charge is 2.25. The molecule has 0 bridgehead atoms. The van der Waals surface area contributed by atoms with Gasteiger partial charge in [0.2, 0.25) is 5.95 Å². The number of fused-ring (bicyclic) bond motifs is 3. The van der Waals surface area contributed by atoms with Gasteiger partial charge in [-0.2, -0.15) is 4.98 Å². The van der Waals surface area contributed by atoms with Crippen LogP contribution in [-0.2, 0) is 12.8 Å². The minimum atomic E-state index is 0.349. The Hall–Kier alpha value is -2.14. The van der Waals surface area contributed by atoms with E-state index in [1.54, 1.807) is 0 Å². The van der Waals surface area contributed by atoms with Gasteiger partial charge >= 0.3 is 0 Å². The van der Waals surface area contributed by atoms with Crippen molar-refractivity contribution in [1.82, 2.24) is 15.3 Å². The molecule has 120 valence electrons. The molecule has 1 fully saturated rings. The van der Waals surface area contributed by atoms with Gasteiger partial charge in [-0.15, -0.1) is 0 Å². The van der Waals surface area contributed by atoms with Crippen LogP contribution in [0.3, 0.4) is 0 Å². The van der Waals surface area contributed by atoms with Crippen LogP contribution >= 0.6 is 0 Å². The Morgan fingerprint density at radius 3 is 2.91 bits per heavy atom. The van der Waals surface area contributed by atoms with E-state index in [9.17, 15) is 0 Å². The molecule has 4 rings (SSSR count). The summed E-state index contributed by atoms with van der Waals surface area (Å²) in [5, 5.41) is 7.08. The fourth-order valence-corrected chi connectivity index (χ4v) is 3.75. The van der Waals surface area contributed by atoms with Crippen LogP contribution in [0.2, 0.25) is 0 Å². The van der Waals surface area contributed by atoms with Gasteiger partial charge in [-0.25, -0.2) is 4.98 Å². The summed E-state index contributed by atoms with van der Waals surface area (Å²) in [4.78, 5) is 9.09. The van der Waals surface area contributed by atoms with Crippen LogP contribution in [0.15, 0.2) is 24.3 Å². The monoisotopic (exact) mass is 309 g/mol. The smallest absolute Gasteiger partial charge is 0.222 e. The van der Waals surface area contributed by atoms with Crippen molar-refractivity contribution in [2.75, 3.05) is 17.6 Å². The number of nitrogens with two attached hydrogens (primary N) is 1. The van der Waals surface area contributed by atoms with Crippen molar-refractivity contribution in [3.05, 3.63) is 35.4 Å². The molecule has 0 unspecified atom stereocenters. The van der Waals surface area contributed by atoms with Gasteiger partial charge in [-0.05, 0) is 38.2 Å². The lowest BCUT2D eigenvalue weighted by Gasteiger charge is -2.18. The number of anilines is 2. The molecule has 2 heterocycles. The van der Waals surface area contributed by atoms with Crippen molar-refractivity contribution in [2.45, 2.75) is 44.7 Å². The lowest BCUT2D eigenvalue weighted by Crippen LogP contribution is -2.24. The first-order chi connectivity index (χ1) is 11.2. The van der Waals surface area contributed by atoms with Crippen LogP contribution in [0, 0.1) is 0 Å². The molecular formula is C18H23N5. The maximum absolute atomic E-state index is 6.01. The second-order valence-electron chi connectivity index (χ2n) is 6.65. The molecule has 23 heavy (non-hydrogen) atoms. The van der Waals surface area contributed by atoms with E-state index in [1.807, 2.05) is 0 Å². The van der Waals surface area contributed by atoms with Crippen molar-refractivity contribution in [3.8, 4) is 11.3 Å². The minimum Gasteiger partial charge on any atom is -0.368 e. The summed E-state index contributed by atoms with van der Waals surface area (Å²) in [6.45, 7) is 3.18. The summed E-state index contributed by atoms with van der Waals surface area (Å²) in [7, 11) is 0. The number of nitrogens with one attached hydrogen (secondary N) is 2. The quantitative estimate of drug-likeness (QED) is 0.794. The first kappa shape index (κ1) is 14.5. The van der Waals surface area contributed by atoms with Crippen molar-refractivity contribution >= 4 is 11.8 Å². The van der Waals surface area contributed by atoms with Crippen molar-refractivity contribution in [3.63, 3.8) is 0 Å². The molecule has 0 saturated carbocycles. The molecule has 1 aliphatic heterocycles. The first-order valence-corrected chi connectivity index (χ1v) is 8.45. The third-order valence-corrected chi connectivity index (χ3v) is 4.86. The zero-order chi connectivity index (χ0) is 15.8. The van der Waals surface area contributed by atoms with E-state index in [-0.39, 0.29) is 0 Å². The van der Waals surface area contributed by atoms with Crippen molar-refractivity contribution in [1.29, 1.82) is 0 Å². The second-order valence-corrected chi connectivity index (χ2v) is 6.65. The third kappa shape index (κ3) is 2.77. The summed E-state index contributed by atoms with van der Waals surface area (Å²) in [5.41, 5.74) is 10.8. The molecule has 5 heteroatoms. The first-order valence-electron chi connectivity index (χ1n) is 8.45. The lowest BCUT2D eigenvalue weighted by atomic mass is 10.0. The Morgan fingerprint density at radius 1 is 1.22 bits per heavy atom. The molecule has 0 amide bonds. The van der Waals surface area contributed by atoms with Gasteiger partial charge in [0, 0.05) is 29.8 Å². The van der Waals surface area contributed by atoms with Crippen LogP contribution < -0.4 is 16.4 Å². The van der Waals surface area contributed by atoms with E-state index in [2.05, 4.69) is 51.8 Å². The highest BCUT2D eigenvalue weighted by atomic mass is 15.1.